The average Bonchev–Trinajstić information content (AvgIpc) is 3.06. The number of likely N-dealkylation sites (tertiary alicyclic amines) is 1. The van der Waals surface area contributed by atoms with E-state index in [0.717, 1.165) is 4.90 Å². The first-order chi connectivity index (χ1) is 12.7. The molecule has 0 radical (unpaired) electrons. The van der Waals surface area contributed by atoms with Crippen LogP contribution in [0.5, 0.6) is 0 Å². The maximum Gasteiger partial charge on any atom is 0.416 e. The molecule has 0 bridgehead atoms. The molecule has 12 heteroatoms. The third-order valence-corrected chi connectivity index (χ3v) is 5.21. The van der Waals surface area contributed by atoms with Crippen molar-refractivity contribution in [2.24, 2.45) is 5.92 Å². The van der Waals surface area contributed by atoms with Gasteiger partial charge in [-0.3, -0.25) is 4.79 Å². The number of carbonyl (C=O) groups is 1. The molecule has 28 heavy (non-hydrogen) atoms. The summed E-state index contributed by atoms with van der Waals surface area (Å²) >= 11 is 0. The van der Waals surface area contributed by atoms with Gasteiger partial charge in [-0.2, -0.15) is 26.3 Å². The Kier molecular flexibility index (Phi) is 6.14. The minimum absolute atomic E-state index is 0.00388. The van der Waals surface area contributed by atoms with Crippen LogP contribution in [0, 0.1) is 5.92 Å². The predicted molar refractivity (Wildman–Crippen MR) is 87.6 cm³/mol. The topological polar surface area (TPSA) is 66.5 Å². The van der Waals surface area contributed by atoms with E-state index < -0.39 is 45.0 Å². The Morgan fingerprint density at radius 2 is 1.68 bits per heavy atom. The molecular weight excluding hydrogens is 414 g/mol. The normalized spacial score (nSPS) is 18.4. The van der Waals surface area contributed by atoms with Crippen molar-refractivity contribution in [2.45, 2.75) is 18.8 Å². The summed E-state index contributed by atoms with van der Waals surface area (Å²) in [6.07, 6.45) is -9.75. The van der Waals surface area contributed by atoms with Gasteiger partial charge in [-0.1, -0.05) is 6.58 Å². The molecule has 1 heterocycles. The molecule has 0 saturated carbocycles. The largest absolute Gasteiger partial charge is 0.416 e. The summed E-state index contributed by atoms with van der Waals surface area (Å²) in [5.41, 5.74) is -3.87. The zero-order valence-corrected chi connectivity index (χ0v) is 15.1. The molecule has 5 nitrogen and oxygen atoms in total. The molecule has 1 N–H and O–H groups in total. The van der Waals surface area contributed by atoms with Gasteiger partial charge < -0.3 is 4.90 Å². The molecule has 0 spiro atoms. The summed E-state index contributed by atoms with van der Waals surface area (Å²) in [7, 11) is -3.68. The summed E-state index contributed by atoms with van der Waals surface area (Å²) in [4.78, 5) is 13.5. The first-order valence-electron chi connectivity index (χ1n) is 7.94. The van der Waals surface area contributed by atoms with Crippen molar-refractivity contribution >= 4 is 15.9 Å². The molecule has 0 aliphatic carbocycles. The van der Waals surface area contributed by atoms with Gasteiger partial charge in [-0.05, 0) is 30.5 Å². The number of benzene rings is 1. The number of hydrogen-bond donors (Lipinski definition) is 1. The van der Waals surface area contributed by atoms with E-state index in [0.29, 0.717) is 24.0 Å². The Labute approximate surface area is 157 Å². The maximum atomic E-state index is 12.9. The van der Waals surface area contributed by atoms with E-state index in [9.17, 15) is 39.6 Å². The molecule has 1 fully saturated rings. The van der Waals surface area contributed by atoms with Crippen LogP contribution >= 0.6 is 0 Å². The predicted octanol–water partition coefficient (Wildman–Crippen LogP) is 3.25. The van der Waals surface area contributed by atoms with Crippen LogP contribution in [0.25, 0.3) is 0 Å². The van der Waals surface area contributed by atoms with E-state index in [1.807, 2.05) is 0 Å². The molecule has 1 atom stereocenters. The highest BCUT2D eigenvalue weighted by Gasteiger charge is 2.38. The van der Waals surface area contributed by atoms with Crippen molar-refractivity contribution in [1.29, 1.82) is 0 Å². The number of amides is 1. The molecule has 1 aliphatic heterocycles. The van der Waals surface area contributed by atoms with Crippen LogP contribution in [0.15, 0.2) is 30.2 Å². The molecule has 0 unspecified atom stereocenters. The molecule has 156 valence electrons. The molecular formula is C16H16F6N2O3S. The SMILES string of the molecule is C=CS(=O)(=O)NC[C@H]1CCN(C(=O)c2cc(C(F)(F)F)cc(C(F)(F)F)c2)C1. The Hall–Kier alpha value is -2.08. The summed E-state index contributed by atoms with van der Waals surface area (Å²) in [6, 6.07) is 0.713. The number of carbonyl (C=O) groups excluding carboxylic acids is 1. The van der Waals surface area contributed by atoms with E-state index in [1.165, 1.54) is 0 Å². The van der Waals surface area contributed by atoms with Crippen LogP contribution in [0.2, 0.25) is 0 Å². The summed E-state index contributed by atoms with van der Waals surface area (Å²) in [6.45, 7) is 3.16. The number of sulfonamides is 1. The zero-order valence-electron chi connectivity index (χ0n) is 14.3. The van der Waals surface area contributed by atoms with Crippen LogP contribution in [-0.4, -0.2) is 38.9 Å². The smallest absolute Gasteiger partial charge is 0.338 e. The van der Waals surface area contributed by atoms with Gasteiger partial charge in [0.05, 0.1) is 11.1 Å². The van der Waals surface area contributed by atoms with Crippen molar-refractivity contribution < 1.29 is 39.6 Å². The molecule has 0 aromatic heterocycles. The van der Waals surface area contributed by atoms with Gasteiger partial charge in [-0.25, -0.2) is 13.1 Å². The van der Waals surface area contributed by atoms with E-state index in [-0.39, 0.29) is 31.6 Å². The third kappa shape index (κ3) is 5.47. The van der Waals surface area contributed by atoms with Crippen molar-refractivity contribution in [2.75, 3.05) is 19.6 Å². The van der Waals surface area contributed by atoms with Crippen LogP contribution in [0.1, 0.15) is 27.9 Å². The molecule has 2 rings (SSSR count). The van der Waals surface area contributed by atoms with Crippen molar-refractivity contribution in [3.05, 3.63) is 46.9 Å². The zero-order chi connectivity index (χ0) is 21.3. The van der Waals surface area contributed by atoms with E-state index in [2.05, 4.69) is 11.3 Å². The maximum absolute atomic E-state index is 12.9. The van der Waals surface area contributed by atoms with Gasteiger partial charge in [-0.15, -0.1) is 0 Å². The van der Waals surface area contributed by atoms with Crippen LogP contribution in [0.4, 0.5) is 26.3 Å². The minimum Gasteiger partial charge on any atom is -0.338 e. The van der Waals surface area contributed by atoms with Gasteiger partial charge in [0.1, 0.15) is 0 Å². The van der Waals surface area contributed by atoms with Crippen LogP contribution in [0.3, 0.4) is 0 Å². The summed E-state index contributed by atoms with van der Waals surface area (Å²) in [5.74, 6) is -1.31. The van der Waals surface area contributed by atoms with Crippen LogP contribution < -0.4 is 4.72 Å². The van der Waals surface area contributed by atoms with Crippen molar-refractivity contribution in [3.8, 4) is 0 Å². The van der Waals surface area contributed by atoms with Crippen molar-refractivity contribution in [3.63, 3.8) is 0 Å². The molecule has 1 amide bonds. The van der Waals surface area contributed by atoms with E-state index in [4.69, 9.17) is 0 Å². The third-order valence-electron chi connectivity index (χ3n) is 4.20. The van der Waals surface area contributed by atoms with E-state index >= 15 is 0 Å². The number of rotatable bonds is 5. The highest BCUT2D eigenvalue weighted by molar-refractivity contribution is 7.92. The Bertz CT molecular complexity index is 832. The fourth-order valence-electron chi connectivity index (χ4n) is 2.74. The van der Waals surface area contributed by atoms with Gasteiger partial charge >= 0.3 is 12.4 Å². The number of nitrogens with zero attached hydrogens (tertiary/aromatic N) is 1. The lowest BCUT2D eigenvalue weighted by molar-refractivity contribution is -0.143. The highest BCUT2D eigenvalue weighted by atomic mass is 32.2. The Balaban J connectivity index is 2.21. The second kappa shape index (κ2) is 7.74. The summed E-state index contributed by atoms with van der Waals surface area (Å²) < 4.78 is 102. The number of alkyl halides is 6. The standard InChI is InChI=1S/C16H16F6N2O3S/c1-2-28(26,27)23-8-10-3-4-24(9-10)14(25)11-5-12(15(17,18)19)7-13(6-11)16(20,21)22/h2,5-7,10,23H,1,3-4,8-9H2/t10-/m1/s1. The average molecular weight is 430 g/mol. The minimum atomic E-state index is -5.05. The molecule has 1 saturated heterocycles. The van der Waals surface area contributed by atoms with Gasteiger partial charge in [0, 0.05) is 30.6 Å². The Morgan fingerprint density at radius 1 is 1.14 bits per heavy atom. The quantitative estimate of drug-likeness (QED) is 0.730. The lowest BCUT2D eigenvalue weighted by atomic mass is 10.0. The fraction of sp³-hybridized carbons (Fsp3) is 0.438. The van der Waals surface area contributed by atoms with Gasteiger partial charge in [0.15, 0.2) is 0 Å². The molecule has 1 aromatic carbocycles. The lowest BCUT2D eigenvalue weighted by Crippen LogP contribution is -2.32. The summed E-state index contributed by atoms with van der Waals surface area (Å²) in [5, 5.41) is 0.701. The number of halogens is 6. The first-order valence-corrected chi connectivity index (χ1v) is 9.48. The number of nitrogens with one attached hydrogen (secondary N) is 1. The lowest BCUT2D eigenvalue weighted by Gasteiger charge is -2.19. The molecule has 1 aliphatic rings. The van der Waals surface area contributed by atoms with Gasteiger partial charge in [0.2, 0.25) is 10.0 Å². The van der Waals surface area contributed by atoms with E-state index in [1.54, 1.807) is 0 Å². The highest BCUT2D eigenvalue weighted by Crippen LogP contribution is 2.36. The number of hydrogen-bond acceptors (Lipinski definition) is 3. The van der Waals surface area contributed by atoms with Crippen molar-refractivity contribution in [1.82, 2.24) is 9.62 Å². The second-order valence-electron chi connectivity index (χ2n) is 6.26. The fourth-order valence-corrected chi connectivity index (χ4v) is 3.32. The Morgan fingerprint density at radius 3 is 2.14 bits per heavy atom. The van der Waals surface area contributed by atoms with Crippen LogP contribution in [-0.2, 0) is 22.4 Å². The molecule has 1 aromatic rings. The second-order valence-corrected chi connectivity index (χ2v) is 7.97. The monoisotopic (exact) mass is 430 g/mol. The van der Waals surface area contributed by atoms with Gasteiger partial charge in [0.25, 0.3) is 5.91 Å². The first kappa shape index (κ1) is 22.2.